The van der Waals surface area contributed by atoms with Crippen molar-refractivity contribution in [3.05, 3.63) is 0 Å². The molecule has 1 fully saturated rings. The minimum Gasteiger partial charge on any atom is -0.412 e. The highest BCUT2D eigenvalue weighted by Crippen LogP contribution is 2.16. The Morgan fingerprint density at radius 1 is 1.00 bits per heavy atom. The first kappa shape index (κ1) is 7.92. The van der Waals surface area contributed by atoms with Crippen LogP contribution >= 0.6 is 0 Å². The van der Waals surface area contributed by atoms with Crippen LogP contribution in [0, 0.1) is 0 Å². The summed E-state index contributed by atoms with van der Waals surface area (Å²) in [5.41, 5.74) is 0. The number of hydrogen-bond acceptors (Lipinski definition) is 1. The zero-order chi connectivity index (χ0) is 5.11. The van der Waals surface area contributed by atoms with E-state index in [4.69, 9.17) is 5.11 Å². The lowest BCUT2D eigenvalue weighted by Gasteiger charge is -2.14. The van der Waals surface area contributed by atoms with Gasteiger partial charge in [0.15, 0.2) is 0 Å². The van der Waals surface area contributed by atoms with Crippen LogP contribution in [-0.2, 0) is 0 Å². The maximum atomic E-state index is 8.91. The van der Waals surface area contributed by atoms with Gasteiger partial charge in [-0.25, -0.2) is 0 Å². The fourth-order valence-electron chi connectivity index (χ4n) is 1.08. The van der Waals surface area contributed by atoms with Crippen LogP contribution in [0.5, 0.6) is 0 Å². The molecule has 1 aliphatic rings. The summed E-state index contributed by atoms with van der Waals surface area (Å²) in [4.78, 5) is 0. The summed E-state index contributed by atoms with van der Waals surface area (Å²) in [6.45, 7) is 0. The first-order chi connectivity index (χ1) is 3.39. The molecule has 0 atom stereocenters. The summed E-state index contributed by atoms with van der Waals surface area (Å²) in [5, 5.41) is 8.91. The van der Waals surface area contributed by atoms with Crippen LogP contribution in [-0.4, -0.2) is 16.7 Å². The molecule has 8 heavy (non-hydrogen) atoms. The SMILES string of the molecule is O.OC1CCCCC1. The van der Waals surface area contributed by atoms with Crippen molar-refractivity contribution >= 4 is 0 Å². The quantitative estimate of drug-likeness (QED) is 0.494. The van der Waals surface area contributed by atoms with E-state index in [0.29, 0.717) is 0 Å². The second-order valence-electron chi connectivity index (χ2n) is 2.29. The van der Waals surface area contributed by atoms with Gasteiger partial charge in [0.05, 0.1) is 6.10 Å². The molecule has 1 rings (SSSR count). The molecule has 50 valence electrons. The molecule has 0 aromatic heterocycles. The van der Waals surface area contributed by atoms with Crippen molar-refractivity contribution in [3.63, 3.8) is 0 Å². The van der Waals surface area contributed by atoms with Crippen LogP contribution in [0.4, 0.5) is 0 Å². The molecule has 0 spiro atoms. The largest absolute Gasteiger partial charge is 0.412 e. The number of rotatable bonds is 0. The van der Waals surface area contributed by atoms with Crippen molar-refractivity contribution < 1.29 is 10.6 Å². The van der Waals surface area contributed by atoms with Crippen LogP contribution in [0.25, 0.3) is 0 Å². The van der Waals surface area contributed by atoms with Gasteiger partial charge < -0.3 is 10.6 Å². The summed E-state index contributed by atoms with van der Waals surface area (Å²) in [6, 6.07) is 0. The Balaban J connectivity index is 0.000000490. The van der Waals surface area contributed by atoms with E-state index in [2.05, 4.69) is 0 Å². The second-order valence-corrected chi connectivity index (χ2v) is 2.29. The predicted molar refractivity (Wildman–Crippen MR) is 32.7 cm³/mol. The summed E-state index contributed by atoms with van der Waals surface area (Å²) < 4.78 is 0. The minimum atomic E-state index is 0. The van der Waals surface area contributed by atoms with Crippen molar-refractivity contribution in [3.8, 4) is 0 Å². The van der Waals surface area contributed by atoms with E-state index in [-0.39, 0.29) is 11.6 Å². The van der Waals surface area contributed by atoms with E-state index >= 15 is 0 Å². The molecule has 1 aliphatic carbocycles. The van der Waals surface area contributed by atoms with E-state index in [0.717, 1.165) is 12.8 Å². The van der Waals surface area contributed by atoms with Crippen molar-refractivity contribution in [2.75, 3.05) is 0 Å². The van der Waals surface area contributed by atoms with Crippen molar-refractivity contribution in [2.24, 2.45) is 0 Å². The molecule has 2 heteroatoms. The lowest BCUT2D eigenvalue weighted by Crippen LogP contribution is -2.09. The highest BCUT2D eigenvalue weighted by molar-refractivity contribution is 4.61. The average molecular weight is 118 g/mol. The Morgan fingerprint density at radius 3 is 1.75 bits per heavy atom. The average Bonchev–Trinajstić information content (AvgIpc) is 1.69. The van der Waals surface area contributed by atoms with Crippen molar-refractivity contribution in [1.82, 2.24) is 0 Å². The normalized spacial score (nSPS) is 22.1. The van der Waals surface area contributed by atoms with Gasteiger partial charge >= 0.3 is 0 Å². The first-order valence-corrected chi connectivity index (χ1v) is 3.07. The predicted octanol–water partition coefficient (Wildman–Crippen LogP) is 0.487. The van der Waals surface area contributed by atoms with Gasteiger partial charge in [0.2, 0.25) is 0 Å². The Bertz CT molecular complexity index is 48.5. The molecule has 0 saturated heterocycles. The zero-order valence-corrected chi connectivity index (χ0v) is 5.06. The maximum absolute atomic E-state index is 8.91. The second kappa shape index (κ2) is 3.87. The molecule has 0 radical (unpaired) electrons. The van der Waals surface area contributed by atoms with Gasteiger partial charge in [0.1, 0.15) is 0 Å². The number of aliphatic hydroxyl groups excluding tert-OH is 1. The lowest BCUT2D eigenvalue weighted by atomic mass is 9.98. The molecule has 0 bridgehead atoms. The molecule has 0 aromatic rings. The fourth-order valence-corrected chi connectivity index (χ4v) is 1.08. The molecular weight excluding hydrogens is 104 g/mol. The highest BCUT2D eigenvalue weighted by Gasteiger charge is 2.07. The van der Waals surface area contributed by atoms with Crippen LogP contribution in [0.2, 0.25) is 0 Å². The molecule has 2 nitrogen and oxygen atoms in total. The molecule has 3 N–H and O–H groups in total. The third-order valence-corrected chi connectivity index (χ3v) is 1.57. The molecule has 0 heterocycles. The summed E-state index contributed by atoms with van der Waals surface area (Å²) >= 11 is 0. The van der Waals surface area contributed by atoms with Crippen LogP contribution in [0.15, 0.2) is 0 Å². The first-order valence-electron chi connectivity index (χ1n) is 3.07. The van der Waals surface area contributed by atoms with E-state index in [1.54, 1.807) is 0 Å². The third-order valence-electron chi connectivity index (χ3n) is 1.57. The summed E-state index contributed by atoms with van der Waals surface area (Å²) in [7, 11) is 0. The van der Waals surface area contributed by atoms with Crippen LogP contribution in [0.3, 0.4) is 0 Å². The fraction of sp³-hybridized carbons (Fsp3) is 1.00. The van der Waals surface area contributed by atoms with Crippen LogP contribution in [0.1, 0.15) is 32.1 Å². The Morgan fingerprint density at radius 2 is 1.50 bits per heavy atom. The van der Waals surface area contributed by atoms with Gasteiger partial charge in [0.25, 0.3) is 0 Å². The highest BCUT2D eigenvalue weighted by atomic mass is 16.3. The molecule has 0 aliphatic heterocycles. The van der Waals surface area contributed by atoms with E-state index in [1.807, 2.05) is 0 Å². The van der Waals surface area contributed by atoms with E-state index in [1.165, 1.54) is 19.3 Å². The lowest BCUT2D eigenvalue weighted by molar-refractivity contribution is 0.130. The van der Waals surface area contributed by atoms with Gasteiger partial charge in [-0.1, -0.05) is 19.3 Å². The number of aliphatic hydroxyl groups is 1. The van der Waals surface area contributed by atoms with Gasteiger partial charge in [-0.05, 0) is 12.8 Å². The summed E-state index contributed by atoms with van der Waals surface area (Å²) in [5.74, 6) is 0. The third kappa shape index (κ3) is 2.28. The van der Waals surface area contributed by atoms with Crippen molar-refractivity contribution in [2.45, 2.75) is 38.2 Å². The molecule has 0 aromatic carbocycles. The Labute approximate surface area is 49.8 Å². The monoisotopic (exact) mass is 118 g/mol. The van der Waals surface area contributed by atoms with Gasteiger partial charge in [-0.15, -0.1) is 0 Å². The van der Waals surface area contributed by atoms with E-state index in [9.17, 15) is 0 Å². The molecular formula is C6H14O2. The smallest absolute Gasteiger partial charge is 0.0540 e. The Kier molecular flexibility index (Phi) is 3.83. The maximum Gasteiger partial charge on any atom is 0.0540 e. The molecule has 0 amide bonds. The van der Waals surface area contributed by atoms with Gasteiger partial charge in [0, 0.05) is 0 Å². The van der Waals surface area contributed by atoms with Crippen LogP contribution < -0.4 is 0 Å². The minimum absolute atomic E-state index is 0. The van der Waals surface area contributed by atoms with Gasteiger partial charge in [-0.3, -0.25) is 0 Å². The summed E-state index contributed by atoms with van der Waals surface area (Å²) in [6.07, 6.45) is 5.92. The van der Waals surface area contributed by atoms with E-state index < -0.39 is 0 Å². The number of hydrogen-bond donors (Lipinski definition) is 1. The Hall–Kier alpha value is -0.0800. The molecule has 0 unspecified atom stereocenters. The molecule has 1 saturated carbocycles. The van der Waals surface area contributed by atoms with Gasteiger partial charge in [-0.2, -0.15) is 0 Å². The standard InChI is InChI=1S/C6H12O.H2O/c7-6-4-2-1-3-5-6;/h6-7H,1-5H2;1H2. The van der Waals surface area contributed by atoms with Crippen molar-refractivity contribution in [1.29, 1.82) is 0 Å². The zero-order valence-electron chi connectivity index (χ0n) is 5.06. The topological polar surface area (TPSA) is 51.7 Å².